The van der Waals surface area contributed by atoms with Crippen molar-refractivity contribution in [3.63, 3.8) is 0 Å². The largest absolute Gasteiger partial charge is 0.468 e. The Bertz CT molecular complexity index is 581. The van der Waals surface area contributed by atoms with Gasteiger partial charge in [0.1, 0.15) is 18.2 Å². The highest BCUT2D eigenvalue weighted by molar-refractivity contribution is 7.89. The molecule has 1 rings (SSSR count). The van der Waals surface area contributed by atoms with Gasteiger partial charge in [0.15, 0.2) is 0 Å². The highest BCUT2D eigenvalue weighted by Gasteiger charge is 2.30. The van der Waals surface area contributed by atoms with Crippen molar-refractivity contribution >= 4 is 16.0 Å². The van der Waals surface area contributed by atoms with Crippen LogP contribution in [0.25, 0.3) is 0 Å². The lowest BCUT2D eigenvalue weighted by atomic mass is 10.3. The van der Waals surface area contributed by atoms with Gasteiger partial charge in [0, 0.05) is 12.1 Å². The van der Waals surface area contributed by atoms with E-state index in [1.165, 1.54) is 13.8 Å². The molecule has 0 aromatic heterocycles. The number of esters is 1. The molecule has 0 radical (unpaired) electrons. The van der Waals surface area contributed by atoms with Crippen LogP contribution in [0.15, 0.2) is 23.1 Å². The van der Waals surface area contributed by atoms with E-state index in [-0.39, 0.29) is 0 Å². The molecule has 8 heteroatoms. The summed E-state index contributed by atoms with van der Waals surface area (Å²) in [5.41, 5.74) is 0. The van der Waals surface area contributed by atoms with Gasteiger partial charge >= 0.3 is 5.97 Å². The van der Waals surface area contributed by atoms with E-state index in [2.05, 4.69) is 4.74 Å². The smallest absolute Gasteiger partial charge is 0.321 e. The number of hydrogen-bond donors (Lipinski definition) is 0. The molecule has 0 fully saturated rings. The van der Waals surface area contributed by atoms with E-state index in [9.17, 15) is 22.0 Å². The zero-order chi connectivity index (χ0) is 15.5. The number of benzene rings is 1. The van der Waals surface area contributed by atoms with Gasteiger partial charge in [-0.3, -0.25) is 4.79 Å². The van der Waals surface area contributed by atoms with Crippen LogP contribution >= 0.6 is 0 Å². The number of sulfonamides is 1. The van der Waals surface area contributed by atoms with E-state index in [1.54, 1.807) is 0 Å². The van der Waals surface area contributed by atoms with E-state index in [1.807, 2.05) is 0 Å². The summed E-state index contributed by atoms with van der Waals surface area (Å²) in [7, 11) is -3.08. The molecule has 112 valence electrons. The monoisotopic (exact) mass is 307 g/mol. The molecule has 0 aliphatic carbocycles. The van der Waals surface area contributed by atoms with Crippen LogP contribution in [-0.4, -0.2) is 38.4 Å². The minimum Gasteiger partial charge on any atom is -0.468 e. The molecule has 0 N–H and O–H groups in total. The van der Waals surface area contributed by atoms with Gasteiger partial charge in [-0.05, 0) is 26.0 Å². The Labute approximate surface area is 116 Å². The average molecular weight is 307 g/mol. The third kappa shape index (κ3) is 3.73. The van der Waals surface area contributed by atoms with E-state index >= 15 is 0 Å². The molecule has 0 heterocycles. The normalized spacial score (nSPS) is 11.9. The van der Waals surface area contributed by atoms with E-state index in [0.29, 0.717) is 18.2 Å². The molecule has 1 aromatic carbocycles. The molecule has 0 atom stereocenters. The average Bonchev–Trinajstić information content (AvgIpc) is 2.33. The van der Waals surface area contributed by atoms with Gasteiger partial charge < -0.3 is 4.74 Å². The predicted molar refractivity (Wildman–Crippen MR) is 67.4 cm³/mol. The minimum absolute atomic E-state index is 0.533. The quantitative estimate of drug-likeness (QED) is 0.774. The summed E-state index contributed by atoms with van der Waals surface area (Å²) in [6.07, 6.45) is 0. The number of hydrogen-bond acceptors (Lipinski definition) is 4. The summed E-state index contributed by atoms with van der Waals surface area (Å²) in [5, 5.41) is 0. The number of rotatable bonds is 5. The molecule has 0 saturated heterocycles. The Balaban J connectivity index is 3.26. The summed E-state index contributed by atoms with van der Waals surface area (Å²) < 4.78 is 56.1. The SMILES string of the molecule is COC(=O)CN(C(C)C)S(=O)(=O)c1cc(F)cc(F)c1. The van der Waals surface area contributed by atoms with Gasteiger partial charge in [-0.1, -0.05) is 0 Å². The first kappa shape index (κ1) is 16.5. The topological polar surface area (TPSA) is 63.7 Å². The first-order valence-electron chi connectivity index (χ1n) is 5.73. The fourth-order valence-electron chi connectivity index (χ4n) is 1.55. The van der Waals surface area contributed by atoms with Gasteiger partial charge in [0.2, 0.25) is 10.0 Å². The fourth-order valence-corrected chi connectivity index (χ4v) is 3.17. The van der Waals surface area contributed by atoms with Gasteiger partial charge in [-0.2, -0.15) is 4.31 Å². The van der Waals surface area contributed by atoms with Crippen LogP contribution in [-0.2, 0) is 19.6 Å². The highest BCUT2D eigenvalue weighted by atomic mass is 32.2. The Morgan fingerprint density at radius 1 is 1.25 bits per heavy atom. The summed E-state index contributed by atoms with van der Waals surface area (Å²) in [5.74, 6) is -2.78. The third-order valence-electron chi connectivity index (χ3n) is 2.53. The Morgan fingerprint density at radius 2 is 1.75 bits per heavy atom. The van der Waals surface area contributed by atoms with Crippen molar-refractivity contribution in [2.24, 2.45) is 0 Å². The molecule has 0 bridgehead atoms. The van der Waals surface area contributed by atoms with E-state index in [4.69, 9.17) is 0 Å². The number of ether oxygens (including phenoxy) is 1. The zero-order valence-corrected chi connectivity index (χ0v) is 12.1. The van der Waals surface area contributed by atoms with Crippen molar-refractivity contribution < 1.29 is 26.7 Å². The van der Waals surface area contributed by atoms with Gasteiger partial charge in [-0.25, -0.2) is 17.2 Å². The van der Waals surface area contributed by atoms with E-state index in [0.717, 1.165) is 11.4 Å². The molecule has 5 nitrogen and oxygen atoms in total. The van der Waals surface area contributed by atoms with Crippen molar-refractivity contribution in [2.45, 2.75) is 24.8 Å². The van der Waals surface area contributed by atoms with Gasteiger partial charge in [-0.15, -0.1) is 0 Å². The summed E-state index contributed by atoms with van der Waals surface area (Å²) in [4.78, 5) is 10.7. The van der Waals surface area contributed by atoms with Gasteiger partial charge in [0.05, 0.1) is 12.0 Å². The number of halogens is 2. The Morgan fingerprint density at radius 3 is 2.15 bits per heavy atom. The first-order valence-corrected chi connectivity index (χ1v) is 7.17. The van der Waals surface area contributed by atoms with Crippen LogP contribution in [0, 0.1) is 11.6 Å². The molecule has 0 unspecified atom stereocenters. The molecular weight excluding hydrogens is 292 g/mol. The maximum atomic E-state index is 13.1. The number of methoxy groups -OCH3 is 1. The molecule has 0 spiro atoms. The van der Waals surface area contributed by atoms with Crippen LogP contribution in [0.5, 0.6) is 0 Å². The van der Waals surface area contributed by atoms with Crippen LogP contribution in [0.4, 0.5) is 8.78 Å². The van der Waals surface area contributed by atoms with Crippen molar-refractivity contribution in [2.75, 3.05) is 13.7 Å². The molecule has 0 amide bonds. The molecule has 0 aliphatic heterocycles. The Hall–Kier alpha value is -1.54. The van der Waals surface area contributed by atoms with Gasteiger partial charge in [0.25, 0.3) is 0 Å². The second kappa shape index (κ2) is 6.27. The lowest BCUT2D eigenvalue weighted by Crippen LogP contribution is -2.41. The predicted octanol–water partition coefficient (Wildman–Crippen LogP) is 1.54. The second-order valence-corrected chi connectivity index (χ2v) is 6.22. The molecule has 0 saturated carbocycles. The fraction of sp³-hybridized carbons (Fsp3) is 0.417. The van der Waals surface area contributed by atoms with Crippen molar-refractivity contribution in [1.29, 1.82) is 0 Å². The summed E-state index contributed by atoms with van der Waals surface area (Å²) >= 11 is 0. The molecule has 0 aliphatic rings. The second-order valence-electron chi connectivity index (χ2n) is 4.33. The lowest BCUT2D eigenvalue weighted by molar-refractivity contribution is -0.141. The Kier molecular flexibility index (Phi) is 5.18. The van der Waals surface area contributed by atoms with Crippen LogP contribution in [0.2, 0.25) is 0 Å². The zero-order valence-electron chi connectivity index (χ0n) is 11.3. The molecule has 1 aromatic rings. The van der Waals surface area contributed by atoms with E-state index < -0.39 is 45.1 Å². The molecular formula is C12H15F2NO4S. The van der Waals surface area contributed by atoms with Crippen LogP contribution in [0.3, 0.4) is 0 Å². The van der Waals surface area contributed by atoms with Crippen LogP contribution < -0.4 is 0 Å². The maximum Gasteiger partial charge on any atom is 0.321 e. The standard InChI is InChI=1S/C12H15F2NO4S/c1-8(2)15(7-12(16)19-3)20(17,18)11-5-9(13)4-10(14)6-11/h4-6,8H,7H2,1-3H3. The van der Waals surface area contributed by atoms with Crippen molar-refractivity contribution in [3.05, 3.63) is 29.8 Å². The minimum atomic E-state index is -4.20. The number of carbonyl (C=O) groups is 1. The third-order valence-corrected chi connectivity index (χ3v) is 4.53. The molecule has 20 heavy (non-hydrogen) atoms. The first-order chi connectivity index (χ1) is 9.18. The lowest BCUT2D eigenvalue weighted by Gasteiger charge is -2.24. The van der Waals surface area contributed by atoms with Crippen molar-refractivity contribution in [1.82, 2.24) is 4.31 Å². The summed E-state index contributed by atoms with van der Waals surface area (Å²) in [6, 6.07) is 1.39. The number of nitrogens with zero attached hydrogens (tertiary/aromatic N) is 1. The highest BCUT2D eigenvalue weighted by Crippen LogP contribution is 2.20. The maximum absolute atomic E-state index is 13.1. The number of carbonyl (C=O) groups excluding carboxylic acids is 1. The van der Waals surface area contributed by atoms with Crippen LogP contribution in [0.1, 0.15) is 13.8 Å². The summed E-state index contributed by atoms with van der Waals surface area (Å²) in [6.45, 7) is 2.54. The van der Waals surface area contributed by atoms with Crippen molar-refractivity contribution in [3.8, 4) is 0 Å².